The smallest absolute Gasteiger partial charge is 0.347 e. The lowest BCUT2D eigenvalue weighted by Crippen LogP contribution is -2.31. The number of sulfonamides is 1. The molecule has 0 bridgehead atoms. The molecule has 1 saturated heterocycles. The van der Waals surface area contributed by atoms with Gasteiger partial charge in [-0.2, -0.15) is 0 Å². The van der Waals surface area contributed by atoms with Crippen molar-refractivity contribution >= 4 is 39.3 Å². The minimum absolute atomic E-state index is 0.00323. The van der Waals surface area contributed by atoms with Gasteiger partial charge in [-0.3, -0.25) is 4.31 Å². The van der Waals surface area contributed by atoms with E-state index in [1.807, 2.05) is 0 Å². The number of rotatable bonds is 7. The van der Waals surface area contributed by atoms with Crippen molar-refractivity contribution in [1.29, 1.82) is 0 Å². The first kappa shape index (κ1) is 20.9. The van der Waals surface area contributed by atoms with Gasteiger partial charge in [0.05, 0.1) is 34.3 Å². The quantitative estimate of drug-likeness (QED) is 0.490. The zero-order chi connectivity index (χ0) is 21.0. The summed E-state index contributed by atoms with van der Waals surface area (Å²) in [5, 5.41) is 0.258. The number of para-hydroxylation sites is 1. The predicted molar refractivity (Wildman–Crippen MR) is 107 cm³/mol. The normalized spacial score (nSPS) is 16.2. The summed E-state index contributed by atoms with van der Waals surface area (Å²) in [6, 6.07) is 11.9. The molecule has 1 aliphatic rings. The number of hydrogen-bond donors (Lipinski definition) is 0. The molecule has 2 aromatic carbocycles. The van der Waals surface area contributed by atoms with E-state index in [0.29, 0.717) is 0 Å². The number of esters is 2. The van der Waals surface area contributed by atoms with E-state index in [1.165, 1.54) is 30.3 Å². The maximum absolute atomic E-state index is 13.2. The second-order valence-corrected chi connectivity index (χ2v) is 8.42. The monoisotopic (exact) mass is 435 g/mol. The summed E-state index contributed by atoms with van der Waals surface area (Å²) in [5.41, 5.74) is 0.291. The maximum Gasteiger partial charge on any atom is 0.347 e. The zero-order valence-corrected chi connectivity index (χ0v) is 16.9. The molecule has 0 unspecified atom stereocenters. The molecule has 0 aromatic heterocycles. The van der Waals surface area contributed by atoms with Crippen molar-refractivity contribution in [3.63, 3.8) is 0 Å². The van der Waals surface area contributed by atoms with Crippen LogP contribution in [0.15, 0.2) is 66.1 Å². The van der Waals surface area contributed by atoms with Gasteiger partial charge in [0.15, 0.2) is 0 Å². The average molecular weight is 436 g/mol. The molecule has 1 atom stereocenters. The Morgan fingerprint density at radius 2 is 2.03 bits per heavy atom. The second-order valence-electron chi connectivity index (χ2n) is 6.15. The topological polar surface area (TPSA) is 90.0 Å². The first-order valence-corrected chi connectivity index (χ1v) is 10.5. The molecule has 1 heterocycles. The highest BCUT2D eigenvalue weighted by molar-refractivity contribution is 7.92. The zero-order valence-electron chi connectivity index (χ0n) is 15.3. The van der Waals surface area contributed by atoms with E-state index in [-0.39, 0.29) is 40.7 Å². The third kappa shape index (κ3) is 4.44. The number of carbonyl (C=O) groups excluding carboxylic acids is 2. The fraction of sp³-hybridized carbons (Fsp3) is 0.200. The number of carbonyl (C=O) groups is 2. The van der Waals surface area contributed by atoms with Crippen molar-refractivity contribution in [3.8, 4) is 0 Å². The van der Waals surface area contributed by atoms with Crippen LogP contribution in [0.3, 0.4) is 0 Å². The van der Waals surface area contributed by atoms with Gasteiger partial charge in [0, 0.05) is 6.42 Å². The third-order valence-corrected chi connectivity index (χ3v) is 6.31. The number of benzene rings is 2. The summed E-state index contributed by atoms with van der Waals surface area (Å²) in [7, 11) is -4.05. The number of nitrogens with zero attached hydrogens (tertiary/aromatic N) is 1. The second kappa shape index (κ2) is 8.67. The summed E-state index contributed by atoms with van der Waals surface area (Å²) >= 11 is 6.18. The Bertz CT molecular complexity index is 1050. The lowest BCUT2D eigenvalue weighted by Gasteiger charge is -2.24. The van der Waals surface area contributed by atoms with Crippen LogP contribution in [-0.4, -0.2) is 39.6 Å². The van der Waals surface area contributed by atoms with Gasteiger partial charge in [-0.15, -0.1) is 6.58 Å². The Hall–Kier alpha value is -2.84. The number of ether oxygens (including phenoxy) is 2. The van der Waals surface area contributed by atoms with Gasteiger partial charge in [-0.05, 0) is 30.3 Å². The molecule has 9 heteroatoms. The van der Waals surface area contributed by atoms with E-state index in [0.717, 1.165) is 4.31 Å². The standard InChI is InChI=1S/C20H18ClNO6S/c1-2-11-22(17-9-4-3-8-16(17)21)29(25,26)15-7-5-6-14(13-15)19(23)28-18-10-12-27-20(18)24/h2-9,13,18H,1,10-12H2/t18-/m0/s1. The van der Waals surface area contributed by atoms with Crippen LogP contribution in [0.5, 0.6) is 0 Å². The Kier molecular flexibility index (Phi) is 6.24. The summed E-state index contributed by atoms with van der Waals surface area (Å²) in [6.07, 6.45) is 0.718. The minimum Gasteiger partial charge on any atom is -0.463 e. The molecule has 1 aliphatic heterocycles. The van der Waals surface area contributed by atoms with E-state index < -0.39 is 28.1 Å². The molecule has 0 N–H and O–H groups in total. The molecule has 0 spiro atoms. The third-order valence-electron chi connectivity index (χ3n) is 4.21. The molecular formula is C20H18ClNO6S. The number of anilines is 1. The first-order chi connectivity index (χ1) is 13.8. The molecule has 0 radical (unpaired) electrons. The molecule has 3 rings (SSSR count). The summed E-state index contributed by atoms with van der Waals surface area (Å²) < 4.78 is 37.5. The van der Waals surface area contributed by atoms with Crippen LogP contribution in [0.2, 0.25) is 5.02 Å². The fourth-order valence-corrected chi connectivity index (χ4v) is 4.58. The highest BCUT2D eigenvalue weighted by Crippen LogP contribution is 2.30. The number of halogens is 1. The Balaban J connectivity index is 1.93. The van der Waals surface area contributed by atoms with Crippen molar-refractivity contribution in [2.75, 3.05) is 17.5 Å². The highest BCUT2D eigenvalue weighted by atomic mass is 35.5. The van der Waals surface area contributed by atoms with Gasteiger partial charge in [0.2, 0.25) is 6.10 Å². The predicted octanol–water partition coefficient (Wildman–Crippen LogP) is 3.19. The van der Waals surface area contributed by atoms with Crippen LogP contribution in [-0.2, 0) is 24.3 Å². The van der Waals surface area contributed by atoms with Gasteiger partial charge >= 0.3 is 11.9 Å². The average Bonchev–Trinajstić information content (AvgIpc) is 3.11. The van der Waals surface area contributed by atoms with Crippen LogP contribution in [0.4, 0.5) is 5.69 Å². The van der Waals surface area contributed by atoms with Gasteiger partial charge < -0.3 is 9.47 Å². The van der Waals surface area contributed by atoms with E-state index in [9.17, 15) is 18.0 Å². The van der Waals surface area contributed by atoms with Crippen molar-refractivity contribution < 1.29 is 27.5 Å². The molecule has 2 aromatic rings. The lowest BCUT2D eigenvalue weighted by molar-refractivity contribution is -0.145. The van der Waals surface area contributed by atoms with Crippen molar-refractivity contribution in [2.45, 2.75) is 17.4 Å². The molecular weight excluding hydrogens is 418 g/mol. The van der Waals surface area contributed by atoms with Crippen LogP contribution >= 0.6 is 11.6 Å². The molecule has 0 amide bonds. The first-order valence-electron chi connectivity index (χ1n) is 8.70. The van der Waals surface area contributed by atoms with Crippen LogP contribution in [0.1, 0.15) is 16.8 Å². The number of hydrogen-bond acceptors (Lipinski definition) is 6. The molecule has 152 valence electrons. The Morgan fingerprint density at radius 3 is 2.69 bits per heavy atom. The van der Waals surface area contributed by atoms with Crippen LogP contribution in [0.25, 0.3) is 0 Å². The SMILES string of the molecule is C=CCN(c1ccccc1Cl)S(=O)(=O)c1cccc(C(=O)O[C@H]2CCOC2=O)c1. The Labute approximate surface area is 173 Å². The van der Waals surface area contributed by atoms with E-state index in [2.05, 4.69) is 6.58 Å². The Morgan fingerprint density at radius 1 is 1.28 bits per heavy atom. The highest BCUT2D eigenvalue weighted by Gasteiger charge is 2.31. The van der Waals surface area contributed by atoms with Crippen LogP contribution in [0, 0.1) is 0 Å². The molecule has 1 fully saturated rings. The van der Waals surface area contributed by atoms with Gasteiger partial charge in [0.1, 0.15) is 0 Å². The molecule has 29 heavy (non-hydrogen) atoms. The van der Waals surface area contributed by atoms with Crippen molar-refractivity contribution in [3.05, 3.63) is 71.8 Å². The van der Waals surface area contributed by atoms with Crippen LogP contribution < -0.4 is 4.31 Å². The summed E-state index contributed by atoms with van der Waals surface area (Å²) in [6.45, 7) is 3.77. The lowest BCUT2D eigenvalue weighted by atomic mass is 10.2. The summed E-state index contributed by atoms with van der Waals surface area (Å²) in [4.78, 5) is 23.7. The van der Waals surface area contributed by atoms with Gasteiger partial charge in [0.25, 0.3) is 10.0 Å². The minimum atomic E-state index is -4.05. The molecule has 0 saturated carbocycles. The van der Waals surface area contributed by atoms with Gasteiger partial charge in [-0.25, -0.2) is 18.0 Å². The van der Waals surface area contributed by atoms with Crippen molar-refractivity contribution in [1.82, 2.24) is 0 Å². The van der Waals surface area contributed by atoms with E-state index in [4.69, 9.17) is 21.1 Å². The van der Waals surface area contributed by atoms with E-state index in [1.54, 1.807) is 24.3 Å². The summed E-state index contributed by atoms with van der Waals surface area (Å²) in [5.74, 6) is -1.42. The number of cyclic esters (lactones) is 1. The maximum atomic E-state index is 13.2. The molecule has 7 nitrogen and oxygen atoms in total. The fourth-order valence-electron chi connectivity index (χ4n) is 2.79. The van der Waals surface area contributed by atoms with E-state index >= 15 is 0 Å². The largest absolute Gasteiger partial charge is 0.463 e. The molecule has 0 aliphatic carbocycles. The van der Waals surface area contributed by atoms with Crippen molar-refractivity contribution in [2.24, 2.45) is 0 Å². The van der Waals surface area contributed by atoms with Gasteiger partial charge in [-0.1, -0.05) is 35.9 Å².